The fourth-order valence-electron chi connectivity index (χ4n) is 3.50. The third-order valence-corrected chi connectivity index (χ3v) is 4.81. The zero-order chi connectivity index (χ0) is 17.3. The number of ether oxygens (including phenoxy) is 2. The highest BCUT2D eigenvalue weighted by atomic mass is 16.6. The van der Waals surface area contributed by atoms with E-state index in [1.165, 1.54) is 0 Å². The number of amides is 1. The van der Waals surface area contributed by atoms with Crippen LogP contribution in [0.1, 0.15) is 43.8 Å². The average Bonchev–Trinajstić information content (AvgIpc) is 3.09. The van der Waals surface area contributed by atoms with Crippen LogP contribution in [0.25, 0.3) is 0 Å². The zero-order valence-electron chi connectivity index (χ0n) is 14.2. The Hall–Kier alpha value is -2.57. The summed E-state index contributed by atoms with van der Waals surface area (Å²) in [5.41, 5.74) is -0.614. The van der Waals surface area contributed by atoms with E-state index in [2.05, 4.69) is 15.5 Å². The molecule has 0 spiro atoms. The molecule has 7 nitrogen and oxygen atoms in total. The van der Waals surface area contributed by atoms with Gasteiger partial charge in [-0.25, -0.2) is 0 Å². The maximum Gasteiger partial charge on any atom is 0.265 e. The second-order valence-corrected chi connectivity index (χ2v) is 6.64. The molecule has 0 unspecified atom stereocenters. The van der Waals surface area contributed by atoms with Crippen LogP contribution in [-0.4, -0.2) is 28.8 Å². The number of para-hydroxylation sites is 2. The summed E-state index contributed by atoms with van der Waals surface area (Å²) in [6.45, 7) is 1.96. The van der Waals surface area contributed by atoms with Crippen molar-refractivity contribution in [1.82, 2.24) is 15.5 Å². The van der Waals surface area contributed by atoms with Crippen molar-refractivity contribution < 1.29 is 18.8 Å². The number of rotatable bonds is 3. The molecule has 2 aromatic rings. The van der Waals surface area contributed by atoms with E-state index in [-0.39, 0.29) is 12.5 Å². The molecule has 1 aromatic carbocycles. The lowest BCUT2D eigenvalue weighted by atomic mass is 9.81. The summed E-state index contributed by atoms with van der Waals surface area (Å²) in [6, 6.07) is 7.35. The summed E-state index contributed by atoms with van der Waals surface area (Å²) < 4.78 is 16.9. The first kappa shape index (κ1) is 15.9. The van der Waals surface area contributed by atoms with Gasteiger partial charge in [-0.3, -0.25) is 4.79 Å². The van der Waals surface area contributed by atoms with Gasteiger partial charge in [0.05, 0.1) is 0 Å². The normalized spacial score (nSPS) is 21.6. The van der Waals surface area contributed by atoms with Crippen LogP contribution in [0.5, 0.6) is 11.5 Å². The molecule has 25 heavy (non-hydrogen) atoms. The number of carbonyl (C=O) groups excluding carboxylic acids is 1. The molecule has 1 fully saturated rings. The van der Waals surface area contributed by atoms with Crippen LogP contribution >= 0.6 is 0 Å². The fraction of sp³-hybridized carbons (Fsp3) is 0.500. The van der Waals surface area contributed by atoms with E-state index in [0.717, 1.165) is 32.1 Å². The minimum absolute atomic E-state index is 0.182. The number of aromatic nitrogens is 2. The summed E-state index contributed by atoms with van der Waals surface area (Å²) in [7, 11) is 0. The molecule has 2 heterocycles. The van der Waals surface area contributed by atoms with E-state index < -0.39 is 11.6 Å². The number of fused-ring (bicyclic) bond motifs is 1. The van der Waals surface area contributed by atoms with Crippen molar-refractivity contribution in [2.45, 2.75) is 50.7 Å². The maximum absolute atomic E-state index is 12.9. The second kappa shape index (κ2) is 6.38. The first-order valence-electron chi connectivity index (χ1n) is 8.68. The molecular formula is C18H21N3O4. The Kier molecular flexibility index (Phi) is 4.07. The maximum atomic E-state index is 12.9. The Bertz CT molecular complexity index is 767. The summed E-state index contributed by atoms with van der Waals surface area (Å²) in [6.07, 6.45) is 4.02. The van der Waals surface area contributed by atoms with Crippen molar-refractivity contribution in [1.29, 1.82) is 0 Å². The molecule has 1 aliphatic carbocycles. The van der Waals surface area contributed by atoms with E-state index in [4.69, 9.17) is 14.0 Å². The van der Waals surface area contributed by atoms with Crippen LogP contribution in [0.15, 0.2) is 28.8 Å². The second-order valence-electron chi connectivity index (χ2n) is 6.64. The lowest BCUT2D eigenvalue weighted by Crippen LogP contribution is -2.54. The molecule has 0 saturated heterocycles. The molecule has 1 N–H and O–H groups in total. The van der Waals surface area contributed by atoms with E-state index >= 15 is 0 Å². The molecule has 2 aliphatic rings. The van der Waals surface area contributed by atoms with Crippen molar-refractivity contribution in [3.63, 3.8) is 0 Å². The molecule has 1 atom stereocenters. The van der Waals surface area contributed by atoms with Crippen LogP contribution in [0.3, 0.4) is 0 Å². The highest BCUT2D eigenvalue weighted by Gasteiger charge is 2.42. The van der Waals surface area contributed by atoms with Gasteiger partial charge in [0, 0.05) is 0 Å². The highest BCUT2D eigenvalue weighted by Crippen LogP contribution is 2.37. The number of nitrogens with zero attached hydrogens (tertiary/aromatic N) is 2. The third-order valence-electron chi connectivity index (χ3n) is 4.81. The van der Waals surface area contributed by atoms with Crippen molar-refractivity contribution in [3.05, 3.63) is 36.0 Å². The molecule has 0 radical (unpaired) electrons. The van der Waals surface area contributed by atoms with Crippen LogP contribution in [0.2, 0.25) is 0 Å². The summed E-state index contributed by atoms with van der Waals surface area (Å²) in [5.74, 6) is 2.08. The van der Waals surface area contributed by atoms with Crippen LogP contribution in [-0.2, 0) is 10.3 Å². The smallest absolute Gasteiger partial charge is 0.265 e. The zero-order valence-corrected chi connectivity index (χ0v) is 14.2. The predicted molar refractivity (Wildman–Crippen MR) is 88.3 cm³/mol. The lowest BCUT2D eigenvalue weighted by molar-refractivity contribution is -0.133. The summed E-state index contributed by atoms with van der Waals surface area (Å²) in [4.78, 5) is 17.2. The monoisotopic (exact) mass is 343 g/mol. The van der Waals surface area contributed by atoms with Gasteiger partial charge in [0.2, 0.25) is 6.10 Å². The first-order valence-corrected chi connectivity index (χ1v) is 8.68. The van der Waals surface area contributed by atoms with E-state index in [1.54, 1.807) is 13.0 Å². The van der Waals surface area contributed by atoms with Crippen molar-refractivity contribution in [2.75, 3.05) is 6.61 Å². The Morgan fingerprint density at radius 2 is 1.96 bits per heavy atom. The van der Waals surface area contributed by atoms with Crippen LogP contribution < -0.4 is 14.8 Å². The first-order chi connectivity index (χ1) is 12.2. The SMILES string of the molecule is Cc1noc(C2(NC(=O)[C@@H]3COc4ccccc4O3)CCCCC2)n1. The number of hydrogen-bond acceptors (Lipinski definition) is 6. The van der Waals surface area contributed by atoms with E-state index in [1.807, 2.05) is 18.2 Å². The molecule has 1 aliphatic heterocycles. The van der Waals surface area contributed by atoms with Gasteiger partial charge >= 0.3 is 0 Å². The quantitative estimate of drug-likeness (QED) is 0.921. The van der Waals surface area contributed by atoms with Gasteiger partial charge < -0.3 is 19.3 Å². The van der Waals surface area contributed by atoms with Crippen LogP contribution in [0, 0.1) is 6.92 Å². The van der Waals surface area contributed by atoms with Gasteiger partial charge in [-0.2, -0.15) is 4.98 Å². The van der Waals surface area contributed by atoms with Gasteiger partial charge in [0.1, 0.15) is 12.1 Å². The molecular weight excluding hydrogens is 322 g/mol. The van der Waals surface area contributed by atoms with Crippen molar-refractivity contribution in [3.8, 4) is 11.5 Å². The minimum atomic E-state index is -0.697. The van der Waals surface area contributed by atoms with Gasteiger partial charge in [0.25, 0.3) is 11.8 Å². The molecule has 4 rings (SSSR count). The lowest BCUT2D eigenvalue weighted by Gasteiger charge is -2.36. The Balaban J connectivity index is 1.53. The van der Waals surface area contributed by atoms with Crippen molar-refractivity contribution in [2.24, 2.45) is 0 Å². The van der Waals surface area contributed by atoms with Gasteiger partial charge in [-0.1, -0.05) is 36.6 Å². The third kappa shape index (κ3) is 3.06. The largest absolute Gasteiger partial charge is 0.485 e. The minimum Gasteiger partial charge on any atom is -0.485 e. The van der Waals surface area contributed by atoms with Crippen LogP contribution in [0.4, 0.5) is 0 Å². The Morgan fingerprint density at radius 1 is 1.20 bits per heavy atom. The molecule has 7 heteroatoms. The molecule has 0 bridgehead atoms. The van der Waals surface area contributed by atoms with Crippen molar-refractivity contribution >= 4 is 5.91 Å². The highest BCUT2D eigenvalue weighted by molar-refractivity contribution is 5.82. The Labute approximate surface area is 145 Å². The summed E-state index contributed by atoms with van der Waals surface area (Å²) in [5, 5.41) is 7.02. The molecule has 1 saturated carbocycles. The molecule has 132 valence electrons. The number of nitrogens with one attached hydrogen (secondary N) is 1. The number of hydrogen-bond donors (Lipinski definition) is 1. The Morgan fingerprint density at radius 3 is 2.68 bits per heavy atom. The molecule has 1 aromatic heterocycles. The molecule has 1 amide bonds. The van der Waals surface area contributed by atoms with Gasteiger partial charge in [-0.15, -0.1) is 0 Å². The van der Waals surface area contributed by atoms with E-state index in [9.17, 15) is 4.79 Å². The average molecular weight is 343 g/mol. The number of benzene rings is 1. The fourth-order valence-corrected chi connectivity index (χ4v) is 3.50. The number of carbonyl (C=O) groups is 1. The summed E-state index contributed by atoms with van der Waals surface area (Å²) >= 11 is 0. The number of aryl methyl sites for hydroxylation is 1. The van der Waals surface area contributed by atoms with Gasteiger partial charge in [0.15, 0.2) is 17.3 Å². The topological polar surface area (TPSA) is 86.5 Å². The van der Waals surface area contributed by atoms with E-state index in [0.29, 0.717) is 23.2 Å². The predicted octanol–water partition coefficient (Wildman–Crippen LogP) is 2.49. The van der Waals surface area contributed by atoms with Gasteiger partial charge in [-0.05, 0) is 31.9 Å². The standard InChI is InChI=1S/C18H21N3O4/c1-12-19-17(25-21-12)18(9-5-2-6-10-18)20-16(22)15-11-23-13-7-3-4-8-14(13)24-15/h3-4,7-8,15H,2,5-6,9-11H2,1H3,(H,20,22)/t15-/m0/s1.